The van der Waals surface area contributed by atoms with Gasteiger partial charge in [-0.15, -0.1) is 0 Å². The molecule has 1 atom stereocenters. The summed E-state index contributed by atoms with van der Waals surface area (Å²) in [5, 5.41) is 12.7. The summed E-state index contributed by atoms with van der Waals surface area (Å²) in [5.74, 6) is -0.761. The van der Waals surface area contributed by atoms with E-state index in [0.717, 1.165) is 19.3 Å². The van der Waals surface area contributed by atoms with Gasteiger partial charge in [0.05, 0.1) is 0 Å². The predicted octanol–water partition coefficient (Wildman–Crippen LogP) is 1.70. The molecule has 0 heterocycles. The van der Waals surface area contributed by atoms with Crippen LogP contribution >= 0.6 is 0 Å². The van der Waals surface area contributed by atoms with E-state index in [1.165, 1.54) is 0 Å². The number of nitrogens with one attached hydrogen (secondary N) is 1. The molecule has 0 aromatic heterocycles. The molecule has 1 saturated carbocycles. The van der Waals surface area contributed by atoms with Gasteiger partial charge in [-0.25, -0.2) is 0 Å². The molecule has 0 aromatic rings. The minimum absolute atomic E-state index is 0.0297. The zero-order valence-electron chi connectivity index (χ0n) is 11.7. The van der Waals surface area contributed by atoms with Crippen molar-refractivity contribution in [2.24, 2.45) is 0 Å². The average molecular weight is 242 g/mol. The van der Waals surface area contributed by atoms with Crippen molar-refractivity contribution in [2.75, 3.05) is 13.6 Å². The summed E-state index contributed by atoms with van der Waals surface area (Å²) in [6.07, 6.45) is 3.20. The number of likely N-dealkylation sites (N-methyl/N-ethyl adjacent to an activating group) is 1. The highest BCUT2D eigenvalue weighted by Crippen LogP contribution is 2.25. The molecular weight excluding hydrogens is 216 g/mol. The minimum atomic E-state index is -0.845. The Bertz CT molecular complexity index is 287. The summed E-state index contributed by atoms with van der Waals surface area (Å²) in [6.45, 7) is 8.73. The lowest BCUT2D eigenvalue weighted by Crippen LogP contribution is -2.60. The molecule has 0 amide bonds. The van der Waals surface area contributed by atoms with Gasteiger partial charge in [-0.2, -0.15) is 0 Å². The van der Waals surface area contributed by atoms with Crippen molar-refractivity contribution in [2.45, 2.75) is 64.1 Å². The van der Waals surface area contributed by atoms with Gasteiger partial charge in [-0.05, 0) is 47.1 Å². The average Bonchev–Trinajstić information content (AvgIpc) is 3.01. The van der Waals surface area contributed by atoms with Gasteiger partial charge in [0, 0.05) is 18.1 Å². The Labute approximate surface area is 104 Å². The van der Waals surface area contributed by atoms with Crippen LogP contribution < -0.4 is 5.32 Å². The van der Waals surface area contributed by atoms with Crippen LogP contribution in [0.5, 0.6) is 0 Å². The summed E-state index contributed by atoms with van der Waals surface area (Å²) in [5.41, 5.74) is -0.815. The van der Waals surface area contributed by atoms with Crippen molar-refractivity contribution in [1.82, 2.24) is 10.2 Å². The Morgan fingerprint density at radius 1 is 1.41 bits per heavy atom. The molecule has 0 spiro atoms. The van der Waals surface area contributed by atoms with Crippen LogP contribution in [0.25, 0.3) is 0 Å². The van der Waals surface area contributed by atoms with Gasteiger partial charge in [0.25, 0.3) is 0 Å². The second-order valence-electron chi connectivity index (χ2n) is 6.08. The zero-order chi connectivity index (χ0) is 13.3. The van der Waals surface area contributed by atoms with Crippen LogP contribution in [0.3, 0.4) is 0 Å². The van der Waals surface area contributed by atoms with E-state index in [2.05, 4.69) is 31.0 Å². The summed E-state index contributed by atoms with van der Waals surface area (Å²) in [7, 11) is 2.00. The molecule has 0 aliphatic heterocycles. The van der Waals surface area contributed by atoms with Crippen LogP contribution in [0.4, 0.5) is 0 Å². The molecule has 1 rings (SSSR count). The monoisotopic (exact) mass is 242 g/mol. The number of carbonyl (C=O) groups is 1. The van der Waals surface area contributed by atoms with E-state index >= 15 is 0 Å². The summed E-state index contributed by atoms with van der Waals surface area (Å²) in [6, 6.07) is 0.397. The van der Waals surface area contributed by atoms with E-state index in [1.807, 2.05) is 7.05 Å². The first-order chi connectivity index (χ1) is 7.71. The molecule has 100 valence electrons. The van der Waals surface area contributed by atoms with Crippen molar-refractivity contribution in [1.29, 1.82) is 0 Å². The van der Waals surface area contributed by atoms with Gasteiger partial charge in [-0.3, -0.25) is 15.0 Å². The fraction of sp³-hybridized carbons (Fsp3) is 0.923. The number of carboxylic acid groups (broad SMARTS) is 1. The van der Waals surface area contributed by atoms with Gasteiger partial charge in [0.15, 0.2) is 0 Å². The van der Waals surface area contributed by atoms with E-state index in [4.69, 9.17) is 0 Å². The number of hydrogen-bond donors (Lipinski definition) is 2. The smallest absolute Gasteiger partial charge is 0.324 e. The molecule has 0 radical (unpaired) electrons. The Morgan fingerprint density at radius 2 is 1.94 bits per heavy atom. The summed E-state index contributed by atoms with van der Waals surface area (Å²) >= 11 is 0. The highest BCUT2D eigenvalue weighted by molar-refractivity contribution is 5.78. The van der Waals surface area contributed by atoms with Crippen molar-refractivity contribution in [3.8, 4) is 0 Å². The third-order valence-corrected chi connectivity index (χ3v) is 4.02. The van der Waals surface area contributed by atoms with Crippen molar-refractivity contribution in [3.05, 3.63) is 0 Å². The van der Waals surface area contributed by atoms with E-state index in [9.17, 15) is 9.90 Å². The lowest BCUT2D eigenvalue weighted by Gasteiger charge is -2.40. The van der Waals surface area contributed by atoms with E-state index in [-0.39, 0.29) is 5.54 Å². The quantitative estimate of drug-likeness (QED) is 0.713. The molecule has 1 aliphatic carbocycles. The maximum Gasteiger partial charge on any atom is 0.324 e. The van der Waals surface area contributed by atoms with Gasteiger partial charge in [0.1, 0.15) is 5.54 Å². The number of nitrogens with zero attached hydrogens (tertiary/aromatic N) is 1. The first kappa shape index (κ1) is 14.5. The fourth-order valence-corrected chi connectivity index (χ4v) is 1.81. The lowest BCUT2D eigenvalue weighted by atomic mass is 9.95. The third-order valence-electron chi connectivity index (χ3n) is 4.02. The molecule has 4 heteroatoms. The Morgan fingerprint density at radius 3 is 2.29 bits per heavy atom. The van der Waals surface area contributed by atoms with Gasteiger partial charge < -0.3 is 5.11 Å². The van der Waals surface area contributed by atoms with Gasteiger partial charge in [0.2, 0.25) is 0 Å². The number of aliphatic carboxylic acids is 1. The SMILES string of the molecule is CCC(C)(C)N(C)CC(C)(NC1CC1)C(=O)O. The fourth-order valence-electron chi connectivity index (χ4n) is 1.81. The minimum Gasteiger partial charge on any atom is -0.480 e. The second kappa shape index (κ2) is 4.94. The van der Waals surface area contributed by atoms with Crippen LogP contribution in [0.1, 0.15) is 47.0 Å². The van der Waals surface area contributed by atoms with Crippen LogP contribution in [-0.4, -0.2) is 46.7 Å². The maximum atomic E-state index is 11.4. The summed E-state index contributed by atoms with van der Waals surface area (Å²) < 4.78 is 0. The first-order valence-electron chi connectivity index (χ1n) is 6.43. The highest BCUT2D eigenvalue weighted by Gasteiger charge is 2.41. The Hall–Kier alpha value is -0.610. The maximum absolute atomic E-state index is 11.4. The largest absolute Gasteiger partial charge is 0.480 e. The van der Waals surface area contributed by atoms with E-state index in [0.29, 0.717) is 12.6 Å². The Kier molecular flexibility index (Phi) is 4.20. The molecule has 0 aromatic carbocycles. The van der Waals surface area contributed by atoms with Crippen LogP contribution in [-0.2, 0) is 4.79 Å². The van der Waals surface area contributed by atoms with E-state index in [1.54, 1.807) is 6.92 Å². The molecule has 4 nitrogen and oxygen atoms in total. The van der Waals surface area contributed by atoms with Crippen molar-refractivity contribution < 1.29 is 9.90 Å². The van der Waals surface area contributed by atoms with E-state index < -0.39 is 11.5 Å². The van der Waals surface area contributed by atoms with Crippen molar-refractivity contribution in [3.63, 3.8) is 0 Å². The summed E-state index contributed by atoms with van der Waals surface area (Å²) in [4.78, 5) is 13.6. The molecule has 17 heavy (non-hydrogen) atoms. The first-order valence-corrected chi connectivity index (χ1v) is 6.43. The highest BCUT2D eigenvalue weighted by atomic mass is 16.4. The third kappa shape index (κ3) is 3.68. The Balaban J connectivity index is 2.68. The molecular formula is C13H26N2O2. The topological polar surface area (TPSA) is 52.6 Å². The predicted molar refractivity (Wildman–Crippen MR) is 69.2 cm³/mol. The van der Waals surface area contributed by atoms with Crippen LogP contribution in [0.2, 0.25) is 0 Å². The molecule has 1 aliphatic rings. The molecule has 0 bridgehead atoms. The lowest BCUT2D eigenvalue weighted by molar-refractivity contribution is -0.145. The number of hydrogen-bond acceptors (Lipinski definition) is 3. The zero-order valence-corrected chi connectivity index (χ0v) is 11.7. The standard InChI is InChI=1S/C13H26N2O2/c1-6-12(2,3)15(5)9-13(4,11(16)17)14-10-7-8-10/h10,14H,6-9H2,1-5H3,(H,16,17). The molecule has 2 N–H and O–H groups in total. The van der Waals surface area contributed by atoms with Crippen LogP contribution in [0.15, 0.2) is 0 Å². The van der Waals surface area contributed by atoms with Gasteiger partial charge in [-0.1, -0.05) is 6.92 Å². The molecule has 1 unspecified atom stereocenters. The molecule has 0 saturated heterocycles. The number of rotatable bonds is 7. The second-order valence-corrected chi connectivity index (χ2v) is 6.08. The van der Waals surface area contributed by atoms with Crippen LogP contribution in [0, 0.1) is 0 Å². The van der Waals surface area contributed by atoms with Crippen molar-refractivity contribution >= 4 is 5.97 Å². The normalized spacial score (nSPS) is 20.4. The number of carboxylic acids is 1. The molecule has 1 fully saturated rings. The van der Waals surface area contributed by atoms with Gasteiger partial charge >= 0.3 is 5.97 Å².